The molecule has 1 aromatic rings. The van der Waals surface area contributed by atoms with Crippen LogP contribution in [0.5, 0.6) is 0 Å². The third kappa shape index (κ3) is 2.99. The van der Waals surface area contributed by atoms with Crippen molar-refractivity contribution < 1.29 is 8.42 Å². The topological polar surface area (TPSA) is 52.7 Å². The first kappa shape index (κ1) is 15.0. The third-order valence-electron chi connectivity index (χ3n) is 4.49. The summed E-state index contributed by atoms with van der Waals surface area (Å²) in [7, 11) is -1.40. The molecule has 1 N–H and O–H groups in total. The predicted molar refractivity (Wildman–Crippen MR) is 83.1 cm³/mol. The highest BCUT2D eigenvalue weighted by Gasteiger charge is 2.36. The molecule has 1 fully saturated rings. The molecule has 116 valence electrons. The van der Waals surface area contributed by atoms with Crippen molar-refractivity contribution in [2.75, 3.05) is 33.2 Å². The number of hydrogen-bond donors (Lipinski definition) is 1. The van der Waals surface area contributed by atoms with Gasteiger partial charge in [0.15, 0.2) is 0 Å². The number of hydrogen-bond acceptors (Lipinski definition) is 3. The molecular formula is C15H23N3O2S. The molecule has 1 saturated heterocycles. The van der Waals surface area contributed by atoms with Crippen LogP contribution in [0, 0.1) is 5.92 Å². The molecule has 2 aliphatic heterocycles. The van der Waals surface area contributed by atoms with Gasteiger partial charge < -0.3 is 5.32 Å². The quantitative estimate of drug-likeness (QED) is 0.896. The summed E-state index contributed by atoms with van der Waals surface area (Å²) in [5.74, 6) is 0.432. The number of nitrogens with one attached hydrogen (secondary N) is 1. The summed E-state index contributed by atoms with van der Waals surface area (Å²) in [6.07, 6.45) is 1.76. The van der Waals surface area contributed by atoms with Crippen LogP contribution in [0.4, 0.5) is 0 Å². The average molecular weight is 309 g/mol. The fourth-order valence-corrected chi connectivity index (χ4v) is 4.98. The lowest BCUT2D eigenvalue weighted by molar-refractivity contribution is 0.341. The van der Waals surface area contributed by atoms with E-state index < -0.39 is 10.2 Å². The van der Waals surface area contributed by atoms with Gasteiger partial charge in [-0.25, -0.2) is 0 Å². The smallest absolute Gasteiger partial charge is 0.282 e. The first-order valence-electron chi connectivity index (χ1n) is 7.58. The van der Waals surface area contributed by atoms with Crippen molar-refractivity contribution in [1.82, 2.24) is 13.9 Å². The van der Waals surface area contributed by atoms with Gasteiger partial charge in [0.25, 0.3) is 10.2 Å². The van der Waals surface area contributed by atoms with E-state index in [9.17, 15) is 8.42 Å². The second-order valence-corrected chi connectivity index (χ2v) is 7.86. The van der Waals surface area contributed by atoms with Crippen molar-refractivity contribution in [2.24, 2.45) is 5.92 Å². The maximum atomic E-state index is 12.8. The second-order valence-electron chi connectivity index (χ2n) is 5.93. The SMILES string of the molecule is CNCC1CCN(S(=O)(=O)N2CCc3ccccc3C2)C1. The van der Waals surface area contributed by atoms with Crippen LogP contribution in [-0.4, -0.2) is 50.3 Å². The molecule has 0 radical (unpaired) electrons. The fraction of sp³-hybridized carbons (Fsp3) is 0.600. The Balaban J connectivity index is 1.72. The van der Waals surface area contributed by atoms with Crippen LogP contribution in [0.25, 0.3) is 0 Å². The standard InChI is InChI=1S/C15H23N3O2S/c1-16-10-13-6-8-17(11-13)21(19,20)18-9-7-14-4-2-3-5-15(14)12-18/h2-5,13,16H,6-12H2,1H3. The van der Waals surface area contributed by atoms with E-state index in [2.05, 4.69) is 11.4 Å². The first-order chi connectivity index (χ1) is 10.1. The van der Waals surface area contributed by atoms with Crippen molar-refractivity contribution in [2.45, 2.75) is 19.4 Å². The van der Waals surface area contributed by atoms with Gasteiger partial charge in [0.1, 0.15) is 0 Å². The number of rotatable bonds is 4. The summed E-state index contributed by atoms with van der Waals surface area (Å²) >= 11 is 0. The van der Waals surface area contributed by atoms with Crippen molar-refractivity contribution in [3.63, 3.8) is 0 Å². The van der Waals surface area contributed by atoms with E-state index in [0.29, 0.717) is 32.1 Å². The van der Waals surface area contributed by atoms with Gasteiger partial charge in [0.05, 0.1) is 0 Å². The first-order valence-corrected chi connectivity index (χ1v) is 8.97. The van der Waals surface area contributed by atoms with Gasteiger partial charge in [-0.05, 0) is 43.5 Å². The highest BCUT2D eigenvalue weighted by Crippen LogP contribution is 2.26. The third-order valence-corrected chi connectivity index (χ3v) is 6.44. The van der Waals surface area contributed by atoms with Crippen LogP contribution in [0.2, 0.25) is 0 Å². The Bertz CT molecular complexity index is 603. The van der Waals surface area contributed by atoms with Crippen molar-refractivity contribution in [1.29, 1.82) is 0 Å². The van der Waals surface area contributed by atoms with Gasteiger partial charge >= 0.3 is 0 Å². The van der Waals surface area contributed by atoms with E-state index in [1.54, 1.807) is 8.61 Å². The zero-order valence-electron chi connectivity index (χ0n) is 12.5. The number of benzene rings is 1. The Morgan fingerprint density at radius 3 is 2.71 bits per heavy atom. The second kappa shape index (κ2) is 6.04. The molecule has 0 bridgehead atoms. The fourth-order valence-electron chi connectivity index (χ4n) is 3.29. The maximum Gasteiger partial charge on any atom is 0.282 e. The van der Waals surface area contributed by atoms with E-state index >= 15 is 0 Å². The zero-order chi connectivity index (χ0) is 14.9. The van der Waals surface area contributed by atoms with Crippen molar-refractivity contribution in [3.8, 4) is 0 Å². The Morgan fingerprint density at radius 1 is 1.19 bits per heavy atom. The number of fused-ring (bicyclic) bond motifs is 1. The normalized spacial score (nSPS) is 24.1. The highest BCUT2D eigenvalue weighted by molar-refractivity contribution is 7.86. The molecule has 3 rings (SSSR count). The van der Waals surface area contributed by atoms with Crippen LogP contribution < -0.4 is 5.32 Å². The molecule has 21 heavy (non-hydrogen) atoms. The summed E-state index contributed by atoms with van der Waals surface area (Å²) in [6.45, 7) is 3.27. The van der Waals surface area contributed by atoms with E-state index in [-0.39, 0.29) is 0 Å². The molecule has 5 nitrogen and oxygen atoms in total. The van der Waals surface area contributed by atoms with Crippen LogP contribution >= 0.6 is 0 Å². The molecule has 0 spiro atoms. The molecule has 0 saturated carbocycles. The van der Waals surface area contributed by atoms with Gasteiger partial charge in [-0.2, -0.15) is 17.0 Å². The summed E-state index contributed by atoms with van der Waals surface area (Å²) < 4.78 is 28.8. The molecule has 1 unspecified atom stereocenters. The van der Waals surface area contributed by atoms with Gasteiger partial charge in [-0.1, -0.05) is 24.3 Å². The molecule has 2 heterocycles. The molecule has 6 heteroatoms. The van der Waals surface area contributed by atoms with Crippen LogP contribution in [0.3, 0.4) is 0 Å². The largest absolute Gasteiger partial charge is 0.319 e. The molecular weight excluding hydrogens is 286 g/mol. The van der Waals surface area contributed by atoms with E-state index in [1.807, 2.05) is 25.2 Å². The molecule has 0 aromatic heterocycles. The minimum atomic E-state index is -3.32. The minimum Gasteiger partial charge on any atom is -0.319 e. The summed E-state index contributed by atoms with van der Waals surface area (Å²) in [6, 6.07) is 8.13. The van der Waals surface area contributed by atoms with Gasteiger partial charge in [0, 0.05) is 26.2 Å². The molecule has 1 atom stereocenters. The van der Waals surface area contributed by atoms with E-state index in [1.165, 1.54) is 5.56 Å². The van der Waals surface area contributed by atoms with Crippen molar-refractivity contribution >= 4 is 10.2 Å². The van der Waals surface area contributed by atoms with Gasteiger partial charge in [-0.3, -0.25) is 0 Å². The molecule has 2 aliphatic rings. The molecule has 0 aliphatic carbocycles. The summed E-state index contributed by atoms with van der Waals surface area (Å²) in [4.78, 5) is 0. The monoisotopic (exact) mass is 309 g/mol. The Morgan fingerprint density at radius 2 is 1.95 bits per heavy atom. The predicted octanol–water partition coefficient (Wildman–Crippen LogP) is 0.831. The maximum absolute atomic E-state index is 12.8. The van der Waals surface area contributed by atoms with Crippen LogP contribution in [0.15, 0.2) is 24.3 Å². The van der Waals surface area contributed by atoms with E-state index in [0.717, 1.165) is 24.9 Å². The minimum absolute atomic E-state index is 0.432. The van der Waals surface area contributed by atoms with Crippen molar-refractivity contribution in [3.05, 3.63) is 35.4 Å². The highest BCUT2D eigenvalue weighted by atomic mass is 32.2. The Kier molecular flexibility index (Phi) is 4.31. The Hall–Kier alpha value is -0.950. The lowest BCUT2D eigenvalue weighted by Gasteiger charge is -2.31. The lowest BCUT2D eigenvalue weighted by Crippen LogP contribution is -2.45. The van der Waals surface area contributed by atoms with Crippen LogP contribution in [-0.2, 0) is 23.2 Å². The van der Waals surface area contributed by atoms with Gasteiger partial charge in [-0.15, -0.1) is 0 Å². The zero-order valence-corrected chi connectivity index (χ0v) is 13.3. The lowest BCUT2D eigenvalue weighted by atomic mass is 10.0. The Labute approximate surface area is 127 Å². The van der Waals surface area contributed by atoms with E-state index in [4.69, 9.17) is 0 Å². The summed E-state index contributed by atoms with van der Waals surface area (Å²) in [5.41, 5.74) is 2.41. The molecule has 0 amide bonds. The molecule has 1 aromatic carbocycles. The van der Waals surface area contributed by atoms with Crippen LogP contribution in [0.1, 0.15) is 17.5 Å². The van der Waals surface area contributed by atoms with Gasteiger partial charge in [0.2, 0.25) is 0 Å². The average Bonchev–Trinajstić information content (AvgIpc) is 2.96. The number of nitrogens with zero attached hydrogens (tertiary/aromatic N) is 2. The summed E-state index contributed by atoms with van der Waals surface area (Å²) in [5, 5.41) is 3.14.